The number of benzene rings is 1. The molecule has 0 aliphatic heterocycles. The van der Waals surface area contributed by atoms with Crippen molar-refractivity contribution in [2.24, 2.45) is 5.41 Å². The molecular weight excluding hydrogens is 172 g/mol. The average molecular weight is 190 g/mol. The summed E-state index contributed by atoms with van der Waals surface area (Å²) in [4.78, 5) is 11.9. The molecule has 1 aromatic rings. The van der Waals surface area contributed by atoms with Crippen LogP contribution in [0.4, 0.5) is 0 Å². The van der Waals surface area contributed by atoms with E-state index in [9.17, 15) is 4.79 Å². The zero-order valence-corrected chi connectivity index (χ0v) is 9.42. The zero-order valence-electron chi connectivity index (χ0n) is 9.42. The van der Waals surface area contributed by atoms with Gasteiger partial charge in [-0.25, -0.2) is 0 Å². The van der Waals surface area contributed by atoms with Gasteiger partial charge in [0.05, 0.1) is 0 Å². The van der Waals surface area contributed by atoms with E-state index >= 15 is 0 Å². The molecule has 0 N–H and O–H groups in total. The Morgan fingerprint density at radius 3 is 2.43 bits per heavy atom. The summed E-state index contributed by atoms with van der Waals surface area (Å²) >= 11 is 0. The number of hydrogen-bond acceptors (Lipinski definition) is 1. The molecule has 0 unspecified atom stereocenters. The molecule has 0 atom stereocenters. The normalized spacial score (nSPS) is 11.4. The minimum Gasteiger partial charge on any atom is -0.294 e. The smallest absolute Gasteiger partial charge is 0.168 e. The quantitative estimate of drug-likeness (QED) is 0.652. The lowest BCUT2D eigenvalue weighted by molar-refractivity contribution is 0.0858. The first kappa shape index (κ1) is 11.0. The third-order valence-electron chi connectivity index (χ3n) is 2.28. The molecule has 0 fully saturated rings. The van der Waals surface area contributed by atoms with E-state index in [1.165, 1.54) is 5.56 Å². The Morgan fingerprint density at radius 2 is 1.93 bits per heavy atom. The van der Waals surface area contributed by atoms with Crippen molar-refractivity contribution in [1.29, 1.82) is 0 Å². The van der Waals surface area contributed by atoms with Gasteiger partial charge in [0.15, 0.2) is 5.78 Å². The highest BCUT2D eigenvalue weighted by atomic mass is 16.1. The van der Waals surface area contributed by atoms with Crippen molar-refractivity contribution in [1.82, 2.24) is 0 Å². The first-order valence-corrected chi connectivity index (χ1v) is 5.09. The average Bonchev–Trinajstić information content (AvgIpc) is 2.15. The van der Waals surface area contributed by atoms with Gasteiger partial charge in [-0.05, 0) is 18.1 Å². The number of rotatable bonds is 2. The van der Waals surface area contributed by atoms with Crippen LogP contribution in [0.15, 0.2) is 24.3 Å². The van der Waals surface area contributed by atoms with Gasteiger partial charge in [-0.2, -0.15) is 0 Å². The van der Waals surface area contributed by atoms with Gasteiger partial charge in [-0.1, -0.05) is 45.9 Å². The lowest BCUT2D eigenvalue weighted by atomic mass is 9.86. The van der Waals surface area contributed by atoms with Crippen molar-refractivity contribution in [2.75, 3.05) is 0 Å². The Labute approximate surface area is 86.1 Å². The van der Waals surface area contributed by atoms with Crippen LogP contribution in [0, 0.1) is 5.41 Å². The zero-order chi connectivity index (χ0) is 10.8. The molecule has 0 saturated heterocycles. The minimum atomic E-state index is -0.285. The molecule has 0 saturated carbocycles. The van der Waals surface area contributed by atoms with E-state index in [4.69, 9.17) is 0 Å². The van der Waals surface area contributed by atoms with Crippen molar-refractivity contribution in [3.05, 3.63) is 35.4 Å². The van der Waals surface area contributed by atoms with Crippen LogP contribution in [-0.4, -0.2) is 5.78 Å². The second kappa shape index (κ2) is 3.95. The number of ketones is 1. The molecule has 0 radical (unpaired) electrons. The van der Waals surface area contributed by atoms with Crippen LogP contribution in [-0.2, 0) is 6.42 Å². The van der Waals surface area contributed by atoms with E-state index in [1.807, 2.05) is 39.0 Å². The Balaban J connectivity index is 3.02. The molecule has 0 aliphatic rings. The lowest BCUT2D eigenvalue weighted by Crippen LogP contribution is -2.20. The van der Waals surface area contributed by atoms with E-state index in [-0.39, 0.29) is 11.2 Å². The second-order valence-electron chi connectivity index (χ2n) is 4.63. The molecular formula is C13H18O. The number of Topliss-reactive ketones (excluding diaryl/α,β-unsaturated/α-hetero) is 1. The van der Waals surface area contributed by atoms with Gasteiger partial charge in [0, 0.05) is 11.0 Å². The summed E-state index contributed by atoms with van der Waals surface area (Å²) in [7, 11) is 0. The summed E-state index contributed by atoms with van der Waals surface area (Å²) in [5.74, 6) is 0.216. The Morgan fingerprint density at radius 1 is 1.29 bits per heavy atom. The fourth-order valence-electron chi connectivity index (χ4n) is 1.37. The van der Waals surface area contributed by atoms with Crippen molar-refractivity contribution >= 4 is 5.78 Å². The summed E-state index contributed by atoms with van der Waals surface area (Å²) < 4.78 is 0. The SMILES string of the molecule is CCc1cccc(C(=O)C(C)(C)C)c1. The molecule has 1 aromatic carbocycles. The lowest BCUT2D eigenvalue weighted by Gasteiger charge is -2.16. The Bertz CT molecular complexity index is 331. The second-order valence-corrected chi connectivity index (χ2v) is 4.63. The molecule has 0 aromatic heterocycles. The molecule has 0 aliphatic carbocycles. The van der Waals surface area contributed by atoms with Crippen LogP contribution in [0.1, 0.15) is 43.6 Å². The molecule has 1 nitrogen and oxygen atoms in total. The highest BCUT2D eigenvalue weighted by molar-refractivity contribution is 5.99. The number of carbonyl (C=O) groups excluding carboxylic acids is 1. The van der Waals surface area contributed by atoms with Gasteiger partial charge < -0.3 is 0 Å². The van der Waals surface area contributed by atoms with Gasteiger partial charge in [-0.3, -0.25) is 4.79 Å². The molecule has 76 valence electrons. The van der Waals surface area contributed by atoms with Gasteiger partial charge in [0.1, 0.15) is 0 Å². The van der Waals surface area contributed by atoms with Crippen molar-refractivity contribution < 1.29 is 4.79 Å². The van der Waals surface area contributed by atoms with Gasteiger partial charge in [-0.15, -0.1) is 0 Å². The summed E-state index contributed by atoms with van der Waals surface area (Å²) in [6, 6.07) is 7.90. The van der Waals surface area contributed by atoms with E-state index < -0.39 is 0 Å². The standard InChI is InChI=1S/C13H18O/c1-5-10-7-6-8-11(9-10)12(14)13(2,3)4/h6-9H,5H2,1-4H3. The molecule has 0 amide bonds. The molecule has 1 heteroatoms. The Kier molecular flexibility index (Phi) is 3.10. The van der Waals surface area contributed by atoms with Crippen LogP contribution in [0.3, 0.4) is 0 Å². The van der Waals surface area contributed by atoms with Gasteiger partial charge in [0.2, 0.25) is 0 Å². The van der Waals surface area contributed by atoms with Crippen LogP contribution in [0.25, 0.3) is 0 Å². The van der Waals surface area contributed by atoms with E-state index in [2.05, 4.69) is 13.0 Å². The molecule has 0 bridgehead atoms. The predicted molar refractivity (Wildman–Crippen MR) is 59.6 cm³/mol. The first-order valence-electron chi connectivity index (χ1n) is 5.09. The van der Waals surface area contributed by atoms with Crippen molar-refractivity contribution in [3.63, 3.8) is 0 Å². The van der Waals surface area contributed by atoms with Crippen LogP contribution >= 0.6 is 0 Å². The molecule has 0 heterocycles. The maximum Gasteiger partial charge on any atom is 0.168 e. The maximum absolute atomic E-state index is 11.9. The van der Waals surface area contributed by atoms with E-state index in [0.29, 0.717) is 0 Å². The van der Waals surface area contributed by atoms with Crippen LogP contribution < -0.4 is 0 Å². The highest BCUT2D eigenvalue weighted by Gasteiger charge is 2.22. The van der Waals surface area contributed by atoms with Gasteiger partial charge >= 0.3 is 0 Å². The summed E-state index contributed by atoms with van der Waals surface area (Å²) in [6.07, 6.45) is 0.977. The van der Waals surface area contributed by atoms with Crippen molar-refractivity contribution in [3.8, 4) is 0 Å². The highest BCUT2D eigenvalue weighted by Crippen LogP contribution is 2.21. The minimum absolute atomic E-state index is 0.216. The van der Waals surface area contributed by atoms with E-state index in [0.717, 1.165) is 12.0 Å². The maximum atomic E-state index is 11.9. The largest absolute Gasteiger partial charge is 0.294 e. The molecule has 0 spiro atoms. The first-order chi connectivity index (χ1) is 6.45. The summed E-state index contributed by atoms with van der Waals surface area (Å²) in [5, 5.41) is 0. The predicted octanol–water partition coefficient (Wildman–Crippen LogP) is 3.48. The number of aryl methyl sites for hydroxylation is 1. The topological polar surface area (TPSA) is 17.1 Å². The van der Waals surface area contributed by atoms with E-state index in [1.54, 1.807) is 0 Å². The Hall–Kier alpha value is -1.11. The van der Waals surface area contributed by atoms with Crippen LogP contribution in [0.5, 0.6) is 0 Å². The molecule has 14 heavy (non-hydrogen) atoms. The fraction of sp³-hybridized carbons (Fsp3) is 0.462. The number of carbonyl (C=O) groups is 1. The van der Waals surface area contributed by atoms with Crippen molar-refractivity contribution in [2.45, 2.75) is 34.1 Å². The fourth-order valence-corrected chi connectivity index (χ4v) is 1.37. The summed E-state index contributed by atoms with van der Waals surface area (Å²) in [5.41, 5.74) is 1.77. The monoisotopic (exact) mass is 190 g/mol. The third kappa shape index (κ3) is 2.44. The molecule has 1 rings (SSSR count). The summed E-state index contributed by atoms with van der Waals surface area (Å²) in [6.45, 7) is 7.95. The number of hydrogen-bond donors (Lipinski definition) is 0. The van der Waals surface area contributed by atoms with Crippen LogP contribution in [0.2, 0.25) is 0 Å². The van der Waals surface area contributed by atoms with Gasteiger partial charge in [0.25, 0.3) is 0 Å². The third-order valence-corrected chi connectivity index (χ3v) is 2.28.